The van der Waals surface area contributed by atoms with E-state index in [0.29, 0.717) is 11.6 Å². The van der Waals surface area contributed by atoms with Gasteiger partial charge >= 0.3 is 0 Å². The molecule has 0 fully saturated rings. The molecule has 0 aliphatic heterocycles. The van der Waals surface area contributed by atoms with Gasteiger partial charge in [-0.1, -0.05) is 6.07 Å². The quantitative estimate of drug-likeness (QED) is 0.861. The molecular weight excluding hydrogens is 209 g/mol. The molecule has 4 nitrogen and oxygen atoms in total. The van der Waals surface area contributed by atoms with E-state index in [1.54, 1.807) is 22.9 Å². The maximum Gasteiger partial charge on any atom is 0.181 e. The Kier molecular flexibility index (Phi) is 2.76. The van der Waals surface area contributed by atoms with Crippen LogP contribution in [0.2, 0.25) is 0 Å². The van der Waals surface area contributed by atoms with Crippen LogP contribution < -0.4 is 10.5 Å². The molecule has 0 atom stereocenters. The van der Waals surface area contributed by atoms with Gasteiger partial charge in [-0.3, -0.25) is 0 Å². The van der Waals surface area contributed by atoms with E-state index in [-0.39, 0.29) is 12.5 Å². The van der Waals surface area contributed by atoms with E-state index in [0.717, 1.165) is 5.69 Å². The highest BCUT2D eigenvalue weighted by Gasteiger charge is 2.02. The molecule has 1 aromatic heterocycles. The molecule has 0 bridgehead atoms. The van der Waals surface area contributed by atoms with Gasteiger partial charge in [-0.15, -0.1) is 0 Å². The second-order valence-corrected chi connectivity index (χ2v) is 3.44. The number of hydrogen-bond acceptors (Lipinski definition) is 3. The molecule has 2 aromatic rings. The molecule has 0 unspecified atom stereocenters. The van der Waals surface area contributed by atoms with Crippen molar-refractivity contribution in [1.82, 2.24) is 9.78 Å². The van der Waals surface area contributed by atoms with Gasteiger partial charge in [0.15, 0.2) is 6.73 Å². The van der Waals surface area contributed by atoms with E-state index in [4.69, 9.17) is 10.5 Å². The Bertz CT molecular complexity index is 496. The van der Waals surface area contributed by atoms with Gasteiger partial charge in [0.05, 0.1) is 0 Å². The van der Waals surface area contributed by atoms with Crippen LogP contribution in [0.5, 0.6) is 5.75 Å². The van der Waals surface area contributed by atoms with Gasteiger partial charge in [-0.25, -0.2) is 9.07 Å². The molecule has 0 saturated carbocycles. The largest absolute Gasteiger partial charge is 0.471 e. The van der Waals surface area contributed by atoms with Gasteiger partial charge in [0.25, 0.3) is 0 Å². The fourth-order valence-corrected chi connectivity index (χ4v) is 1.36. The Morgan fingerprint density at radius 2 is 2.25 bits per heavy atom. The Morgan fingerprint density at radius 3 is 2.88 bits per heavy atom. The number of aryl methyl sites for hydroxylation is 1. The van der Waals surface area contributed by atoms with Crippen molar-refractivity contribution in [3.8, 4) is 5.75 Å². The highest BCUT2D eigenvalue weighted by Crippen LogP contribution is 2.13. The highest BCUT2D eigenvalue weighted by atomic mass is 19.1. The van der Waals surface area contributed by atoms with Crippen LogP contribution in [0.1, 0.15) is 5.69 Å². The maximum atomic E-state index is 12.9. The minimum absolute atomic E-state index is 0.215. The van der Waals surface area contributed by atoms with Crippen LogP contribution in [-0.2, 0) is 6.73 Å². The minimum atomic E-state index is -0.325. The molecular formula is C11H12FN3O. The summed E-state index contributed by atoms with van der Waals surface area (Å²) in [5.41, 5.74) is 6.42. The van der Waals surface area contributed by atoms with Gasteiger partial charge in [0.2, 0.25) is 0 Å². The summed E-state index contributed by atoms with van der Waals surface area (Å²) in [5, 5.41) is 4.02. The molecule has 0 aliphatic rings. The van der Waals surface area contributed by atoms with Gasteiger partial charge in [-0.2, -0.15) is 5.10 Å². The predicted molar refractivity (Wildman–Crippen MR) is 58.4 cm³/mol. The van der Waals surface area contributed by atoms with Crippen molar-refractivity contribution >= 4 is 5.82 Å². The van der Waals surface area contributed by atoms with Crippen molar-refractivity contribution in [3.05, 3.63) is 41.8 Å². The lowest BCUT2D eigenvalue weighted by atomic mass is 10.3. The number of halogens is 1. The number of nitrogens with zero attached hydrogens (tertiary/aromatic N) is 2. The monoisotopic (exact) mass is 221 g/mol. The lowest BCUT2D eigenvalue weighted by Crippen LogP contribution is -2.08. The van der Waals surface area contributed by atoms with Crippen LogP contribution in [0, 0.1) is 12.7 Å². The second kappa shape index (κ2) is 4.22. The summed E-state index contributed by atoms with van der Waals surface area (Å²) < 4.78 is 19.8. The molecule has 0 radical (unpaired) electrons. The average Bonchev–Trinajstić information content (AvgIpc) is 2.54. The first-order valence-corrected chi connectivity index (χ1v) is 4.83. The first kappa shape index (κ1) is 10.5. The number of nitrogen functional groups attached to an aromatic ring is 1. The number of hydrogen-bond donors (Lipinski definition) is 1. The highest BCUT2D eigenvalue weighted by molar-refractivity contribution is 5.28. The lowest BCUT2D eigenvalue weighted by molar-refractivity contribution is 0.218. The van der Waals surface area contributed by atoms with Crippen molar-refractivity contribution in [2.45, 2.75) is 13.7 Å². The standard InChI is InChI=1S/C11H12FN3O/c1-8-5-11(13)14-15(8)7-16-10-4-2-3-9(12)6-10/h2-6H,7H2,1H3,(H2,13,14). The van der Waals surface area contributed by atoms with E-state index >= 15 is 0 Å². The number of benzene rings is 1. The van der Waals surface area contributed by atoms with E-state index < -0.39 is 0 Å². The summed E-state index contributed by atoms with van der Waals surface area (Å²) >= 11 is 0. The van der Waals surface area contributed by atoms with E-state index in [1.807, 2.05) is 6.92 Å². The Balaban J connectivity index is 2.05. The van der Waals surface area contributed by atoms with Crippen LogP contribution in [-0.4, -0.2) is 9.78 Å². The molecule has 0 spiro atoms. The summed E-state index contributed by atoms with van der Waals surface area (Å²) in [6, 6.07) is 7.71. The number of aromatic nitrogens is 2. The van der Waals surface area contributed by atoms with E-state index in [9.17, 15) is 4.39 Å². The zero-order chi connectivity index (χ0) is 11.5. The molecule has 5 heteroatoms. The van der Waals surface area contributed by atoms with E-state index in [2.05, 4.69) is 5.10 Å². The van der Waals surface area contributed by atoms with E-state index in [1.165, 1.54) is 12.1 Å². The van der Waals surface area contributed by atoms with Crippen molar-refractivity contribution in [2.75, 3.05) is 5.73 Å². The van der Waals surface area contributed by atoms with Crippen molar-refractivity contribution in [2.24, 2.45) is 0 Å². The Labute approximate surface area is 92.4 Å². The third-order valence-corrected chi connectivity index (χ3v) is 2.15. The molecule has 1 heterocycles. The molecule has 84 valence electrons. The topological polar surface area (TPSA) is 53.1 Å². The molecule has 16 heavy (non-hydrogen) atoms. The Morgan fingerprint density at radius 1 is 1.44 bits per heavy atom. The van der Waals surface area contributed by atoms with Crippen LogP contribution >= 0.6 is 0 Å². The van der Waals surface area contributed by atoms with Crippen molar-refractivity contribution in [3.63, 3.8) is 0 Å². The zero-order valence-electron chi connectivity index (χ0n) is 8.85. The third-order valence-electron chi connectivity index (χ3n) is 2.15. The summed E-state index contributed by atoms with van der Waals surface area (Å²) in [6.45, 7) is 2.09. The Hall–Kier alpha value is -2.04. The molecule has 0 amide bonds. The fourth-order valence-electron chi connectivity index (χ4n) is 1.36. The summed E-state index contributed by atoms with van der Waals surface area (Å²) in [5.74, 6) is 0.586. The number of ether oxygens (including phenoxy) is 1. The smallest absolute Gasteiger partial charge is 0.181 e. The maximum absolute atomic E-state index is 12.9. The molecule has 0 saturated heterocycles. The van der Waals surface area contributed by atoms with Crippen LogP contribution in [0.15, 0.2) is 30.3 Å². The minimum Gasteiger partial charge on any atom is -0.471 e. The average molecular weight is 221 g/mol. The lowest BCUT2D eigenvalue weighted by Gasteiger charge is -2.07. The molecule has 2 N–H and O–H groups in total. The van der Waals surface area contributed by atoms with Gasteiger partial charge in [0.1, 0.15) is 17.4 Å². The molecule has 0 aliphatic carbocycles. The van der Waals surface area contributed by atoms with Gasteiger partial charge in [-0.05, 0) is 19.1 Å². The summed E-state index contributed by atoms with van der Waals surface area (Å²) in [7, 11) is 0. The number of nitrogens with two attached hydrogens (primary N) is 1. The predicted octanol–water partition coefficient (Wildman–Crippen LogP) is 1.95. The SMILES string of the molecule is Cc1cc(N)nn1COc1cccc(F)c1. The number of rotatable bonds is 3. The summed E-state index contributed by atoms with van der Waals surface area (Å²) in [4.78, 5) is 0. The molecule has 2 rings (SSSR count). The van der Waals surface area contributed by atoms with Gasteiger partial charge in [0, 0.05) is 17.8 Å². The van der Waals surface area contributed by atoms with Crippen molar-refractivity contribution < 1.29 is 9.13 Å². The van der Waals surface area contributed by atoms with Gasteiger partial charge < -0.3 is 10.5 Å². The van der Waals surface area contributed by atoms with Crippen molar-refractivity contribution in [1.29, 1.82) is 0 Å². The fraction of sp³-hybridized carbons (Fsp3) is 0.182. The first-order chi connectivity index (χ1) is 7.65. The number of anilines is 1. The normalized spacial score (nSPS) is 10.4. The third kappa shape index (κ3) is 2.31. The summed E-state index contributed by atoms with van der Waals surface area (Å²) in [6.07, 6.45) is 0. The first-order valence-electron chi connectivity index (χ1n) is 4.83. The van der Waals surface area contributed by atoms with Crippen LogP contribution in [0.4, 0.5) is 10.2 Å². The zero-order valence-corrected chi connectivity index (χ0v) is 8.85. The molecule has 1 aromatic carbocycles. The van der Waals surface area contributed by atoms with Crippen LogP contribution in [0.3, 0.4) is 0 Å². The van der Waals surface area contributed by atoms with Crippen LogP contribution in [0.25, 0.3) is 0 Å². The second-order valence-electron chi connectivity index (χ2n) is 3.44.